The van der Waals surface area contributed by atoms with Crippen LogP contribution in [0.2, 0.25) is 0 Å². The fourth-order valence-electron chi connectivity index (χ4n) is 2.68. The number of benzene rings is 2. The van der Waals surface area contributed by atoms with Crippen LogP contribution in [0.4, 0.5) is 0 Å². The summed E-state index contributed by atoms with van der Waals surface area (Å²) in [6.07, 6.45) is 0.264. The van der Waals surface area contributed by atoms with E-state index in [2.05, 4.69) is 15.3 Å². The van der Waals surface area contributed by atoms with Gasteiger partial charge in [0.15, 0.2) is 11.5 Å². The third-order valence-corrected chi connectivity index (χ3v) is 3.95. The maximum Gasteiger partial charge on any atom is 0.224 e. The normalized spacial score (nSPS) is 10.7. The van der Waals surface area contributed by atoms with Gasteiger partial charge < -0.3 is 19.8 Å². The van der Waals surface area contributed by atoms with Crippen LogP contribution in [0.15, 0.2) is 36.4 Å². The van der Waals surface area contributed by atoms with E-state index in [1.165, 1.54) is 5.56 Å². The molecule has 2 N–H and O–H groups in total. The summed E-state index contributed by atoms with van der Waals surface area (Å²) in [5.41, 5.74) is 3.90. The molecular formula is C19H21N3O3. The van der Waals surface area contributed by atoms with E-state index in [0.717, 1.165) is 22.4 Å². The van der Waals surface area contributed by atoms with Crippen molar-refractivity contribution < 1.29 is 14.3 Å². The highest BCUT2D eigenvalue weighted by molar-refractivity contribution is 5.79. The summed E-state index contributed by atoms with van der Waals surface area (Å²) in [5.74, 6) is 1.91. The monoisotopic (exact) mass is 339 g/mol. The van der Waals surface area contributed by atoms with Crippen molar-refractivity contribution in [1.82, 2.24) is 15.3 Å². The number of hydrogen-bond acceptors (Lipinski definition) is 4. The molecule has 0 atom stereocenters. The van der Waals surface area contributed by atoms with Crippen molar-refractivity contribution in [1.29, 1.82) is 0 Å². The Morgan fingerprint density at radius 1 is 1.12 bits per heavy atom. The van der Waals surface area contributed by atoms with Gasteiger partial charge in [0.1, 0.15) is 5.82 Å². The van der Waals surface area contributed by atoms with Crippen LogP contribution in [-0.4, -0.2) is 30.1 Å². The zero-order chi connectivity index (χ0) is 17.8. The molecule has 1 aromatic heterocycles. The van der Waals surface area contributed by atoms with E-state index in [4.69, 9.17) is 9.47 Å². The Bertz CT molecular complexity index is 902. The zero-order valence-corrected chi connectivity index (χ0v) is 14.6. The molecule has 3 aromatic rings. The number of methoxy groups -OCH3 is 2. The second kappa shape index (κ2) is 7.25. The van der Waals surface area contributed by atoms with Crippen molar-refractivity contribution in [3.8, 4) is 11.5 Å². The van der Waals surface area contributed by atoms with E-state index in [1.807, 2.05) is 37.3 Å². The lowest BCUT2D eigenvalue weighted by Gasteiger charge is -2.09. The third-order valence-electron chi connectivity index (χ3n) is 3.95. The average Bonchev–Trinajstić information content (AvgIpc) is 3.01. The molecule has 0 aliphatic heterocycles. The summed E-state index contributed by atoms with van der Waals surface area (Å²) in [6, 6.07) is 11.5. The Labute approximate surface area is 146 Å². The number of rotatable bonds is 6. The standard InChI is InChI=1S/C19H21N3O3/c1-12-4-6-14-15(8-12)22-18(21-14)11-20-19(23)10-13-5-7-16(24-2)17(9-13)25-3/h4-9H,10-11H2,1-3H3,(H,20,23)(H,21,22). The molecule has 130 valence electrons. The maximum atomic E-state index is 12.2. The number of nitrogens with one attached hydrogen (secondary N) is 2. The Balaban J connectivity index is 1.62. The first-order valence-electron chi connectivity index (χ1n) is 8.02. The van der Waals surface area contributed by atoms with Crippen LogP contribution in [-0.2, 0) is 17.8 Å². The number of aromatic amines is 1. The molecule has 0 saturated carbocycles. The van der Waals surface area contributed by atoms with E-state index >= 15 is 0 Å². The SMILES string of the molecule is COc1ccc(CC(=O)NCc2nc3ccc(C)cc3[nH]2)cc1OC. The number of fused-ring (bicyclic) bond motifs is 1. The van der Waals surface area contributed by atoms with Gasteiger partial charge in [0, 0.05) is 0 Å². The van der Waals surface area contributed by atoms with Gasteiger partial charge in [-0.1, -0.05) is 12.1 Å². The van der Waals surface area contributed by atoms with Crippen LogP contribution in [0.5, 0.6) is 11.5 Å². The minimum atomic E-state index is -0.0798. The summed E-state index contributed by atoms with van der Waals surface area (Å²) in [4.78, 5) is 19.9. The van der Waals surface area contributed by atoms with Gasteiger partial charge in [0.25, 0.3) is 0 Å². The minimum absolute atomic E-state index is 0.0798. The lowest BCUT2D eigenvalue weighted by atomic mass is 10.1. The van der Waals surface area contributed by atoms with Crippen LogP contribution in [0.1, 0.15) is 17.0 Å². The van der Waals surface area contributed by atoms with Crippen molar-refractivity contribution >= 4 is 16.9 Å². The van der Waals surface area contributed by atoms with Gasteiger partial charge in [-0.2, -0.15) is 0 Å². The molecule has 1 amide bonds. The van der Waals surface area contributed by atoms with Crippen LogP contribution in [0.3, 0.4) is 0 Å². The lowest BCUT2D eigenvalue weighted by molar-refractivity contribution is -0.120. The van der Waals surface area contributed by atoms with Gasteiger partial charge in [0.2, 0.25) is 5.91 Å². The van der Waals surface area contributed by atoms with Gasteiger partial charge in [-0.25, -0.2) is 4.98 Å². The first-order valence-corrected chi connectivity index (χ1v) is 8.02. The molecule has 0 bridgehead atoms. The second-order valence-electron chi connectivity index (χ2n) is 5.85. The number of carbonyl (C=O) groups is 1. The fraction of sp³-hybridized carbons (Fsp3) is 0.263. The highest BCUT2D eigenvalue weighted by Gasteiger charge is 2.09. The number of amides is 1. The molecule has 0 saturated heterocycles. The molecule has 0 aliphatic rings. The van der Waals surface area contributed by atoms with E-state index < -0.39 is 0 Å². The van der Waals surface area contributed by atoms with Crippen LogP contribution in [0.25, 0.3) is 11.0 Å². The Hall–Kier alpha value is -3.02. The van der Waals surface area contributed by atoms with Gasteiger partial charge in [0.05, 0.1) is 38.2 Å². The largest absolute Gasteiger partial charge is 0.493 e. The van der Waals surface area contributed by atoms with Crippen molar-refractivity contribution in [3.05, 3.63) is 53.3 Å². The first-order chi connectivity index (χ1) is 12.1. The maximum absolute atomic E-state index is 12.2. The highest BCUT2D eigenvalue weighted by atomic mass is 16.5. The predicted molar refractivity (Wildman–Crippen MR) is 95.9 cm³/mol. The summed E-state index contributed by atoms with van der Waals surface area (Å²) in [5, 5.41) is 2.88. The number of ether oxygens (including phenoxy) is 2. The van der Waals surface area contributed by atoms with E-state index in [9.17, 15) is 4.79 Å². The number of H-pyrrole nitrogens is 1. The van der Waals surface area contributed by atoms with Crippen molar-refractivity contribution in [2.75, 3.05) is 14.2 Å². The summed E-state index contributed by atoms with van der Waals surface area (Å²) in [7, 11) is 3.16. The molecule has 2 aromatic carbocycles. The molecule has 6 nitrogen and oxygen atoms in total. The zero-order valence-electron chi connectivity index (χ0n) is 14.6. The van der Waals surface area contributed by atoms with Gasteiger partial charge in [-0.05, 0) is 42.3 Å². The van der Waals surface area contributed by atoms with Crippen molar-refractivity contribution in [2.45, 2.75) is 19.9 Å². The molecule has 3 rings (SSSR count). The molecule has 6 heteroatoms. The number of nitrogens with zero attached hydrogens (tertiary/aromatic N) is 1. The highest BCUT2D eigenvalue weighted by Crippen LogP contribution is 2.27. The van der Waals surface area contributed by atoms with E-state index in [-0.39, 0.29) is 12.3 Å². The molecule has 1 heterocycles. The number of hydrogen-bond donors (Lipinski definition) is 2. The number of imidazole rings is 1. The topological polar surface area (TPSA) is 76.2 Å². The van der Waals surface area contributed by atoms with Crippen LogP contribution >= 0.6 is 0 Å². The van der Waals surface area contributed by atoms with E-state index in [1.54, 1.807) is 20.3 Å². The molecule has 0 spiro atoms. The smallest absolute Gasteiger partial charge is 0.224 e. The van der Waals surface area contributed by atoms with Crippen molar-refractivity contribution in [2.24, 2.45) is 0 Å². The number of carbonyl (C=O) groups excluding carboxylic acids is 1. The second-order valence-corrected chi connectivity index (χ2v) is 5.85. The Morgan fingerprint density at radius 3 is 2.68 bits per heavy atom. The molecular weight excluding hydrogens is 318 g/mol. The van der Waals surface area contributed by atoms with Crippen molar-refractivity contribution in [3.63, 3.8) is 0 Å². The van der Waals surface area contributed by atoms with Crippen LogP contribution in [0, 0.1) is 6.92 Å². The van der Waals surface area contributed by atoms with E-state index in [0.29, 0.717) is 18.0 Å². The fourth-order valence-corrected chi connectivity index (χ4v) is 2.68. The Morgan fingerprint density at radius 2 is 1.92 bits per heavy atom. The molecule has 0 aliphatic carbocycles. The summed E-state index contributed by atoms with van der Waals surface area (Å²) >= 11 is 0. The molecule has 0 fully saturated rings. The average molecular weight is 339 g/mol. The summed E-state index contributed by atoms with van der Waals surface area (Å²) < 4.78 is 10.5. The number of aromatic nitrogens is 2. The Kier molecular flexibility index (Phi) is 4.88. The number of aryl methyl sites for hydroxylation is 1. The first kappa shape index (κ1) is 16.8. The molecule has 0 unspecified atom stereocenters. The van der Waals surface area contributed by atoms with Gasteiger partial charge in [-0.15, -0.1) is 0 Å². The van der Waals surface area contributed by atoms with Gasteiger partial charge >= 0.3 is 0 Å². The molecule has 25 heavy (non-hydrogen) atoms. The molecule has 0 radical (unpaired) electrons. The lowest BCUT2D eigenvalue weighted by Crippen LogP contribution is -2.25. The quantitative estimate of drug-likeness (QED) is 0.724. The third kappa shape index (κ3) is 3.91. The van der Waals surface area contributed by atoms with Gasteiger partial charge in [-0.3, -0.25) is 4.79 Å². The predicted octanol–water partition coefficient (Wildman–Crippen LogP) is 2.75. The summed E-state index contributed by atoms with van der Waals surface area (Å²) in [6.45, 7) is 2.39. The minimum Gasteiger partial charge on any atom is -0.493 e. The van der Waals surface area contributed by atoms with Crippen LogP contribution < -0.4 is 14.8 Å².